The number of sulfonamides is 1. The van der Waals surface area contributed by atoms with Crippen LogP contribution in [0.15, 0.2) is 53.4 Å². The maximum Gasteiger partial charge on any atom is 0.261 e. The third kappa shape index (κ3) is 5.21. The summed E-state index contributed by atoms with van der Waals surface area (Å²) in [5.74, 6) is -0.275. The largest absolute Gasteiger partial charge is 0.350 e. The lowest BCUT2D eigenvalue weighted by atomic mass is 10.1. The van der Waals surface area contributed by atoms with Gasteiger partial charge in [0.1, 0.15) is 0 Å². The van der Waals surface area contributed by atoms with E-state index in [-0.39, 0.29) is 21.9 Å². The van der Waals surface area contributed by atoms with Gasteiger partial charge in [0.15, 0.2) is 0 Å². The number of benzene rings is 2. The van der Waals surface area contributed by atoms with Gasteiger partial charge in [-0.05, 0) is 43.7 Å². The monoisotopic (exact) mass is 380 g/mol. The maximum atomic E-state index is 12.3. The molecule has 134 valence electrons. The van der Waals surface area contributed by atoms with Crippen molar-refractivity contribution >= 4 is 33.2 Å². The Morgan fingerprint density at radius 1 is 1.16 bits per heavy atom. The van der Waals surface area contributed by atoms with Crippen LogP contribution in [-0.2, 0) is 10.0 Å². The van der Waals surface area contributed by atoms with Crippen molar-refractivity contribution in [2.45, 2.75) is 37.6 Å². The number of amides is 1. The van der Waals surface area contributed by atoms with Crippen molar-refractivity contribution < 1.29 is 13.2 Å². The van der Waals surface area contributed by atoms with Crippen LogP contribution in [0.25, 0.3) is 0 Å². The Balaban J connectivity index is 2.15. The first-order valence-electron chi connectivity index (χ1n) is 8.01. The van der Waals surface area contributed by atoms with E-state index in [1.807, 2.05) is 13.8 Å². The Morgan fingerprint density at radius 2 is 1.84 bits per heavy atom. The molecule has 2 aromatic rings. The summed E-state index contributed by atoms with van der Waals surface area (Å²) < 4.78 is 27.1. The number of carbonyl (C=O) groups is 1. The lowest BCUT2D eigenvalue weighted by Crippen LogP contribution is -2.32. The molecule has 0 saturated carbocycles. The van der Waals surface area contributed by atoms with Gasteiger partial charge in [0.25, 0.3) is 15.9 Å². The zero-order chi connectivity index (χ0) is 18.4. The van der Waals surface area contributed by atoms with Gasteiger partial charge in [-0.1, -0.05) is 43.1 Å². The fourth-order valence-electron chi connectivity index (χ4n) is 2.38. The molecule has 25 heavy (non-hydrogen) atoms. The van der Waals surface area contributed by atoms with Crippen LogP contribution in [0.1, 0.15) is 37.0 Å². The molecule has 0 spiro atoms. The zero-order valence-corrected chi connectivity index (χ0v) is 15.7. The summed E-state index contributed by atoms with van der Waals surface area (Å²) in [6.45, 7) is 3.97. The molecular formula is C18H21ClN2O3S. The van der Waals surface area contributed by atoms with Gasteiger partial charge in [-0.3, -0.25) is 9.52 Å². The number of hydrogen-bond acceptors (Lipinski definition) is 3. The summed E-state index contributed by atoms with van der Waals surface area (Å²) >= 11 is 6.16. The molecule has 2 N–H and O–H groups in total. The minimum Gasteiger partial charge on any atom is -0.350 e. The number of carbonyl (C=O) groups excluding carboxylic acids is 1. The van der Waals surface area contributed by atoms with E-state index in [9.17, 15) is 13.2 Å². The van der Waals surface area contributed by atoms with Crippen molar-refractivity contribution in [3.05, 3.63) is 59.1 Å². The summed E-state index contributed by atoms with van der Waals surface area (Å²) in [5, 5.41) is 3.06. The first kappa shape index (κ1) is 19.3. The average molecular weight is 381 g/mol. The minimum atomic E-state index is -3.70. The molecule has 0 aliphatic rings. The highest BCUT2D eigenvalue weighted by molar-refractivity contribution is 7.92. The van der Waals surface area contributed by atoms with Crippen LogP contribution in [0.3, 0.4) is 0 Å². The summed E-state index contributed by atoms with van der Waals surface area (Å²) in [6.07, 6.45) is 1.84. The summed E-state index contributed by atoms with van der Waals surface area (Å²) in [5.41, 5.74) is 0.610. The molecule has 0 heterocycles. The van der Waals surface area contributed by atoms with Gasteiger partial charge in [0.2, 0.25) is 0 Å². The van der Waals surface area contributed by atoms with E-state index in [1.54, 1.807) is 18.2 Å². The number of halogens is 1. The van der Waals surface area contributed by atoms with E-state index in [2.05, 4.69) is 10.0 Å². The summed E-state index contributed by atoms with van der Waals surface area (Å²) in [6, 6.07) is 12.5. The summed E-state index contributed by atoms with van der Waals surface area (Å²) in [4.78, 5) is 12.4. The van der Waals surface area contributed by atoms with Gasteiger partial charge in [0.05, 0.1) is 21.2 Å². The van der Waals surface area contributed by atoms with E-state index in [0.717, 1.165) is 12.8 Å². The standard InChI is InChI=1S/C18H21ClN2O3S/c1-3-7-13(2)20-18(22)16-11-10-14(12-17(16)19)21-25(23,24)15-8-5-4-6-9-15/h4-6,8-13,21H,3,7H2,1-2H3,(H,20,22)/t13-/m1/s1. The second-order valence-corrected chi connectivity index (χ2v) is 7.87. The molecule has 1 atom stereocenters. The molecule has 0 fully saturated rings. The van der Waals surface area contributed by atoms with Crippen molar-refractivity contribution in [1.29, 1.82) is 0 Å². The number of rotatable bonds is 7. The third-order valence-electron chi connectivity index (χ3n) is 3.62. The first-order chi connectivity index (χ1) is 11.8. The Morgan fingerprint density at radius 3 is 2.44 bits per heavy atom. The zero-order valence-electron chi connectivity index (χ0n) is 14.1. The van der Waals surface area contributed by atoms with Crippen LogP contribution in [-0.4, -0.2) is 20.4 Å². The molecule has 0 aliphatic carbocycles. The van der Waals surface area contributed by atoms with Crippen LogP contribution >= 0.6 is 11.6 Å². The van der Waals surface area contributed by atoms with Crippen LogP contribution in [0.4, 0.5) is 5.69 Å². The smallest absolute Gasteiger partial charge is 0.261 e. The van der Waals surface area contributed by atoms with Crippen molar-refractivity contribution in [2.75, 3.05) is 4.72 Å². The normalized spacial score (nSPS) is 12.4. The van der Waals surface area contributed by atoms with Gasteiger partial charge < -0.3 is 5.32 Å². The van der Waals surface area contributed by atoms with Crippen LogP contribution in [0.5, 0.6) is 0 Å². The van der Waals surface area contributed by atoms with Gasteiger partial charge in [0, 0.05) is 6.04 Å². The van der Waals surface area contributed by atoms with Crippen molar-refractivity contribution in [3.63, 3.8) is 0 Å². The SMILES string of the molecule is CCC[C@@H](C)NC(=O)c1ccc(NS(=O)(=O)c2ccccc2)cc1Cl. The Bertz CT molecular complexity index is 839. The average Bonchev–Trinajstić information content (AvgIpc) is 2.55. The van der Waals surface area contributed by atoms with E-state index < -0.39 is 10.0 Å². The second-order valence-electron chi connectivity index (χ2n) is 5.78. The molecule has 0 aromatic heterocycles. The van der Waals surface area contributed by atoms with Gasteiger partial charge in [-0.15, -0.1) is 0 Å². The van der Waals surface area contributed by atoms with E-state index in [0.29, 0.717) is 11.3 Å². The fourth-order valence-corrected chi connectivity index (χ4v) is 3.72. The molecule has 5 nitrogen and oxygen atoms in total. The Labute approximate surface area is 153 Å². The molecule has 2 rings (SSSR count). The minimum absolute atomic E-state index is 0.0461. The quantitative estimate of drug-likeness (QED) is 0.760. The highest BCUT2D eigenvalue weighted by Crippen LogP contribution is 2.23. The number of nitrogens with one attached hydrogen (secondary N) is 2. The predicted octanol–water partition coefficient (Wildman–Crippen LogP) is 4.06. The predicted molar refractivity (Wildman–Crippen MR) is 101 cm³/mol. The first-order valence-corrected chi connectivity index (χ1v) is 9.88. The molecule has 1 amide bonds. The van der Waals surface area contributed by atoms with Gasteiger partial charge in [-0.25, -0.2) is 8.42 Å². The topological polar surface area (TPSA) is 75.3 Å². The fraction of sp³-hybridized carbons (Fsp3) is 0.278. The van der Waals surface area contributed by atoms with Crippen molar-refractivity contribution in [2.24, 2.45) is 0 Å². The molecular weight excluding hydrogens is 360 g/mol. The van der Waals surface area contributed by atoms with Gasteiger partial charge >= 0.3 is 0 Å². The Hall–Kier alpha value is -2.05. The van der Waals surface area contributed by atoms with E-state index in [4.69, 9.17) is 11.6 Å². The Kier molecular flexibility index (Phi) is 6.45. The number of hydrogen-bond donors (Lipinski definition) is 2. The van der Waals surface area contributed by atoms with E-state index >= 15 is 0 Å². The van der Waals surface area contributed by atoms with Crippen molar-refractivity contribution in [1.82, 2.24) is 5.32 Å². The third-order valence-corrected chi connectivity index (χ3v) is 5.33. The van der Waals surface area contributed by atoms with Crippen LogP contribution < -0.4 is 10.0 Å². The van der Waals surface area contributed by atoms with E-state index in [1.165, 1.54) is 30.3 Å². The highest BCUT2D eigenvalue weighted by atomic mass is 35.5. The molecule has 0 aliphatic heterocycles. The molecule has 0 unspecified atom stereocenters. The van der Waals surface area contributed by atoms with Crippen molar-refractivity contribution in [3.8, 4) is 0 Å². The lowest BCUT2D eigenvalue weighted by Gasteiger charge is -2.14. The van der Waals surface area contributed by atoms with Crippen LogP contribution in [0, 0.1) is 0 Å². The summed E-state index contributed by atoms with van der Waals surface area (Å²) in [7, 11) is -3.70. The molecule has 0 radical (unpaired) electrons. The number of anilines is 1. The second kappa shape index (κ2) is 8.36. The van der Waals surface area contributed by atoms with Gasteiger partial charge in [-0.2, -0.15) is 0 Å². The highest BCUT2D eigenvalue weighted by Gasteiger charge is 2.16. The molecule has 0 saturated heterocycles. The lowest BCUT2D eigenvalue weighted by molar-refractivity contribution is 0.0938. The molecule has 0 bridgehead atoms. The maximum absolute atomic E-state index is 12.3. The molecule has 2 aromatic carbocycles. The van der Waals surface area contributed by atoms with Crippen LogP contribution in [0.2, 0.25) is 5.02 Å². The molecule has 7 heteroatoms.